The molecule has 0 fully saturated rings. The van der Waals surface area contributed by atoms with Crippen molar-refractivity contribution < 1.29 is 65.9 Å². The molecule has 205 valence electrons. The molecule has 1 aliphatic carbocycles. The van der Waals surface area contributed by atoms with E-state index in [0.717, 1.165) is 29.3 Å². The second kappa shape index (κ2) is 28.9. The van der Waals surface area contributed by atoms with Crippen molar-refractivity contribution in [1.82, 2.24) is 0 Å². The van der Waals surface area contributed by atoms with Gasteiger partial charge in [-0.2, -0.15) is 13.2 Å². The zero-order valence-corrected chi connectivity index (χ0v) is 22.7. The molecule has 1 aliphatic rings. The molecule has 3 aromatic rings. The maximum absolute atomic E-state index is 12.5. The summed E-state index contributed by atoms with van der Waals surface area (Å²) >= 11 is 0. The summed E-state index contributed by atoms with van der Waals surface area (Å²) in [6.45, 7) is 18.0. The van der Waals surface area contributed by atoms with E-state index < -0.39 is 11.7 Å². The Bertz CT molecular complexity index is 1190. The van der Waals surface area contributed by atoms with Crippen LogP contribution in [-0.2, 0) is 58.9 Å². The van der Waals surface area contributed by atoms with Crippen LogP contribution in [0.3, 0.4) is 0 Å². The summed E-state index contributed by atoms with van der Waals surface area (Å²) in [4.78, 5) is 4.19. The van der Waals surface area contributed by atoms with Gasteiger partial charge in [0.2, 0.25) is 0 Å². The molecule has 0 bridgehead atoms. The van der Waals surface area contributed by atoms with Gasteiger partial charge in [0.1, 0.15) is 0 Å². The van der Waals surface area contributed by atoms with E-state index in [-0.39, 0.29) is 34.1 Å². The third-order valence-electron chi connectivity index (χ3n) is 4.25. The van der Waals surface area contributed by atoms with Crippen molar-refractivity contribution in [3.8, 4) is 0 Å². The standard InChI is InChI=1S/C18H11F3N.C8H9.4CO.2Fe/c19-18(20,21)16-8-5-13(6-9-16)12-22-17-10-7-14-3-1-2-4-15(14)11-17;1-2-4-6-8-7-5-3-1;4*1-2;;/h1-11H;1-7H,8H2;;;;;;/q-1;;;;;;;+2/b;6-4-,7-5-;;;;;;. The molecule has 0 atom stereocenters. The third-order valence-corrected chi connectivity index (χ3v) is 4.25. The van der Waals surface area contributed by atoms with E-state index in [4.69, 9.17) is 18.6 Å². The minimum atomic E-state index is -4.33. The molecular weight excluding hydrogens is 607 g/mol. The summed E-state index contributed by atoms with van der Waals surface area (Å²) < 4.78 is 67.4. The average Bonchev–Trinajstić information content (AvgIpc) is 2.96. The van der Waals surface area contributed by atoms with Crippen molar-refractivity contribution in [3.05, 3.63) is 148 Å². The van der Waals surface area contributed by atoms with Gasteiger partial charge in [-0.1, -0.05) is 78.9 Å². The molecule has 5 nitrogen and oxygen atoms in total. The Hall–Kier alpha value is -3.14. The van der Waals surface area contributed by atoms with Crippen molar-refractivity contribution in [3.63, 3.8) is 0 Å². The summed E-state index contributed by atoms with van der Waals surface area (Å²) in [7, 11) is 0. The molecule has 0 amide bonds. The molecule has 40 heavy (non-hydrogen) atoms. The van der Waals surface area contributed by atoms with Crippen molar-refractivity contribution in [1.29, 1.82) is 0 Å². The third kappa shape index (κ3) is 19.0. The molecule has 0 saturated heterocycles. The van der Waals surface area contributed by atoms with Gasteiger partial charge >= 0.3 is 68.5 Å². The SMILES string of the molecule is FC(F)(F)c1ccc([C-]=Nc2ccc3ccccc3c2)cc1.[C-]#[O+].[C-]#[O+].[C-]#[O+].[C-]#[O+].[CH]1[CH]/C=C\C/C=C\[CH]1.[Fe+2].[Fe]. The minimum Gasteiger partial charge on any atom is -0.0844 e. The van der Waals surface area contributed by atoms with Gasteiger partial charge in [0, 0.05) is 22.6 Å². The predicted octanol–water partition coefficient (Wildman–Crippen LogP) is 7.45. The molecule has 0 heterocycles. The molecule has 4 rings (SSSR count). The fourth-order valence-electron chi connectivity index (χ4n) is 2.69. The van der Waals surface area contributed by atoms with Crippen molar-refractivity contribution in [2.75, 3.05) is 0 Å². The summed E-state index contributed by atoms with van der Waals surface area (Å²) in [5.74, 6) is 0. The number of hydrogen-bond acceptors (Lipinski definition) is 1. The molecule has 0 spiro atoms. The van der Waals surface area contributed by atoms with E-state index in [1.54, 1.807) is 0 Å². The number of halogens is 3. The second-order valence-electron chi connectivity index (χ2n) is 6.50. The first-order valence-electron chi connectivity index (χ1n) is 10.3. The van der Waals surface area contributed by atoms with Crippen LogP contribution in [0.15, 0.2) is 96.0 Å². The van der Waals surface area contributed by atoms with Gasteiger partial charge in [-0.25, -0.2) is 0 Å². The molecule has 10 heteroatoms. The number of alkyl halides is 3. The molecule has 3 aromatic carbocycles. The van der Waals surface area contributed by atoms with E-state index in [1.165, 1.54) is 12.1 Å². The summed E-state index contributed by atoms with van der Waals surface area (Å²) in [6, 6.07) is 18.3. The number of hydrogen-bond donors (Lipinski definition) is 0. The van der Waals surface area contributed by atoms with E-state index in [0.29, 0.717) is 11.3 Å². The Morgan fingerprint density at radius 3 is 1.68 bits per heavy atom. The number of nitrogens with zero attached hydrogens (tertiary/aromatic N) is 1. The summed E-state index contributed by atoms with van der Waals surface area (Å²) in [5, 5.41) is 2.16. The van der Waals surface area contributed by atoms with Gasteiger partial charge < -0.3 is 4.99 Å². The van der Waals surface area contributed by atoms with Gasteiger partial charge in [0.05, 0.1) is 0 Å². The van der Waals surface area contributed by atoms with Crippen LogP contribution in [0.1, 0.15) is 17.5 Å². The first kappa shape index (κ1) is 43.9. The molecular formula is C30H20F3Fe2NO4+. The van der Waals surface area contributed by atoms with E-state index in [2.05, 4.69) is 62.1 Å². The molecule has 3 radical (unpaired) electrons. The smallest absolute Gasteiger partial charge is 0.0844 e. The van der Waals surface area contributed by atoms with Crippen LogP contribution in [0.25, 0.3) is 10.8 Å². The number of benzene rings is 3. The molecule has 0 aromatic heterocycles. The van der Waals surface area contributed by atoms with Crippen LogP contribution >= 0.6 is 0 Å². The second-order valence-corrected chi connectivity index (χ2v) is 6.50. The first-order valence-corrected chi connectivity index (χ1v) is 10.3. The van der Waals surface area contributed by atoms with Gasteiger partial charge in [0.15, 0.2) is 0 Å². The Morgan fingerprint density at radius 2 is 1.18 bits per heavy atom. The van der Waals surface area contributed by atoms with Crippen LogP contribution in [0.4, 0.5) is 18.9 Å². The van der Waals surface area contributed by atoms with Crippen molar-refractivity contribution >= 4 is 22.7 Å². The Kier molecular flexibility index (Phi) is 31.7. The predicted molar refractivity (Wildman–Crippen MR) is 133 cm³/mol. The fraction of sp³-hybridized carbons (Fsp3) is 0.0667. The van der Waals surface area contributed by atoms with Crippen LogP contribution in [-0.4, -0.2) is 6.21 Å². The van der Waals surface area contributed by atoms with E-state index in [1.807, 2.05) is 61.7 Å². The monoisotopic (exact) mass is 627 g/mol. The molecule has 0 unspecified atom stereocenters. The summed E-state index contributed by atoms with van der Waals surface area (Å²) in [5.41, 5.74) is 0.531. The van der Waals surface area contributed by atoms with Crippen LogP contribution in [0.2, 0.25) is 0 Å². The number of fused-ring (bicyclic) bond motifs is 1. The maximum atomic E-state index is 12.5. The van der Waals surface area contributed by atoms with Crippen LogP contribution in [0.5, 0.6) is 0 Å². The topological polar surface area (TPSA) is 92.0 Å². The molecule has 0 aliphatic heterocycles. The number of aliphatic imine (C=N–C) groups is 1. The quantitative estimate of drug-likeness (QED) is 0.122. The Labute approximate surface area is 253 Å². The molecule has 0 N–H and O–H groups in total. The minimum absolute atomic E-state index is 0. The largest absolute Gasteiger partial charge is 2.00 e. The zero-order valence-electron chi connectivity index (χ0n) is 20.5. The average molecular weight is 627 g/mol. The van der Waals surface area contributed by atoms with Crippen molar-refractivity contribution in [2.45, 2.75) is 12.6 Å². The van der Waals surface area contributed by atoms with Crippen molar-refractivity contribution in [2.24, 2.45) is 4.99 Å². The first-order chi connectivity index (χ1) is 18.5. The number of allylic oxidation sites excluding steroid dienone is 4. The molecule has 0 saturated carbocycles. The number of rotatable bonds is 2. The fourth-order valence-corrected chi connectivity index (χ4v) is 2.69. The Morgan fingerprint density at radius 1 is 0.675 bits per heavy atom. The normalized spacial score (nSPS) is 12.5. The van der Waals surface area contributed by atoms with Gasteiger partial charge in [-0.3, -0.25) is 0 Å². The Balaban J connectivity index is -0.000000304. The van der Waals surface area contributed by atoms with E-state index >= 15 is 0 Å². The zero-order chi connectivity index (χ0) is 29.2. The van der Waals surface area contributed by atoms with Crippen LogP contribution < -0.4 is 0 Å². The van der Waals surface area contributed by atoms with Gasteiger partial charge in [0.25, 0.3) is 0 Å². The van der Waals surface area contributed by atoms with Gasteiger partial charge in [-0.05, 0) is 48.4 Å². The summed E-state index contributed by atoms with van der Waals surface area (Å²) in [6.07, 6.45) is 13.9. The van der Waals surface area contributed by atoms with Crippen LogP contribution in [0, 0.1) is 45.9 Å². The van der Waals surface area contributed by atoms with E-state index in [9.17, 15) is 13.2 Å². The maximum Gasteiger partial charge on any atom is 2.00 e. The van der Waals surface area contributed by atoms with Gasteiger partial charge in [-0.15, -0.1) is 17.7 Å².